The van der Waals surface area contributed by atoms with Crippen LogP contribution < -0.4 is 0 Å². The molecule has 0 amide bonds. The van der Waals surface area contributed by atoms with Crippen molar-refractivity contribution in [2.24, 2.45) is 0 Å². The largest absolute Gasteiger partial charge is 0.478 e. The Hall–Kier alpha value is -2.17. The number of aryl methyl sites for hydroxylation is 1. The van der Waals surface area contributed by atoms with Gasteiger partial charge in [0, 0.05) is 6.20 Å². The van der Waals surface area contributed by atoms with Gasteiger partial charge >= 0.3 is 5.97 Å². The Morgan fingerprint density at radius 3 is 2.81 bits per heavy atom. The number of hydrogen-bond donors (Lipinski definition) is 1. The molecular weight excluding hydrogens is 211 g/mol. The van der Waals surface area contributed by atoms with Gasteiger partial charge in [0.05, 0.1) is 17.4 Å². The Balaban J connectivity index is 2.46. The Morgan fingerprint density at radius 2 is 2.25 bits per heavy atom. The summed E-state index contributed by atoms with van der Waals surface area (Å²) in [4.78, 5) is 10.7. The second-order valence-corrected chi connectivity index (χ2v) is 3.41. The van der Waals surface area contributed by atoms with E-state index in [9.17, 15) is 9.18 Å². The first-order chi connectivity index (χ1) is 7.58. The molecule has 0 atom stereocenters. The van der Waals surface area contributed by atoms with Crippen molar-refractivity contribution in [2.75, 3.05) is 0 Å². The number of nitrogens with zero attached hydrogens (tertiary/aromatic N) is 2. The van der Waals surface area contributed by atoms with Crippen LogP contribution in [0.25, 0.3) is 5.69 Å². The molecule has 0 unspecified atom stereocenters. The molecule has 0 spiro atoms. The Labute approximate surface area is 90.9 Å². The zero-order chi connectivity index (χ0) is 11.7. The number of aromatic carboxylic acids is 1. The molecular formula is C11H9FN2O2. The maximum absolute atomic E-state index is 12.9. The van der Waals surface area contributed by atoms with E-state index < -0.39 is 5.97 Å². The summed E-state index contributed by atoms with van der Waals surface area (Å²) < 4.78 is 14.3. The summed E-state index contributed by atoms with van der Waals surface area (Å²) in [5, 5.41) is 12.7. The topological polar surface area (TPSA) is 55.1 Å². The van der Waals surface area contributed by atoms with E-state index in [0.717, 1.165) is 0 Å². The van der Waals surface area contributed by atoms with Crippen LogP contribution in [0.1, 0.15) is 15.9 Å². The van der Waals surface area contributed by atoms with Gasteiger partial charge in [-0.2, -0.15) is 5.10 Å². The summed E-state index contributed by atoms with van der Waals surface area (Å²) in [5.41, 5.74) is 1.46. The van der Waals surface area contributed by atoms with Crippen LogP contribution >= 0.6 is 0 Å². The van der Waals surface area contributed by atoms with E-state index in [2.05, 4.69) is 5.10 Å². The molecule has 0 saturated heterocycles. The van der Waals surface area contributed by atoms with Gasteiger partial charge in [-0.1, -0.05) is 0 Å². The smallest absolute Gasteiger partial charge is 0.338 e. The zero-order valence-electron chi connectivity index (χ0n) is 8.51. The molecule has 2 aromatic rings. The zero-order valence-corrected chi connectivity index (χ0v) is 8.51. The van der Waals surface area contributed by atoms with Crippen LogP contribution in [0.3, 0.4) is 0 Å². The van der Waals surface area contributed by atoms with Gasteiger partial charge in [-0.15, -0.1) is 0 Å². The van der Waals surface area contributed by atoms with Crippen LogP contribution in [-0.2, 0) is 0 Å². The van der Waals surface area contributed by atoms with Gasteiger partial charge in [0.2, 0.25) is 0 Å². The van der Waals surface area contributed by atoms with E-state index in [1.165, 1.54) is 29.2 Å². The van der Waals surface area contributed by atoms with E-state index in [-0.39, 0.29) is 11.4 Å². The molecule has 16 heavy (non-hydrogen) atoms. The van der Waals surface area contributed by atoms with E-state index >= 15 is 0 Å². The molecule has 0 aliphatic carbocycles. The Morgan fingerprint density at radius 1 is 1.50 bits per heavy atom. The molecule has 0 aliphatic rings. The van der Waals surface area contributed by atoms with Crippen LogP contribution in [0, 0.1) is 12.7 Å². The van der Waals surface area contributed by atoms with Crippen LogP contribution in [0.15, 0.2) is 30.6 Å². The third-order valence-corrected chi connectivity index (χ3v) is 2.24. The fourth-order valence-corrected chi connectivity index (χ4v) is 1.44. The highest BCUT2D eigenvalue weighted by Crippen LogP contribution is 2.15. The highest BCUT2D eigenvalue weighted by molar-refractivity contribution is 5.87. The second-order valence-electron chi connectivity index (χ2n) is 3.41. The lowest BCUT2D eigenvalue weighted by molar-refractivity contribution is 0.0697. The average Bonchev–Trinajstić information content (AvgIpc) is 2.66. The summed E-state index contributed by atoms with van der Waals surface area (Å²) >= 11 is 0. The third-order valence-electron chi connectivity index (χ3n) is 2.24. The first-order valence-electron chi connectivity index (χ1n) is 4.62. The number of carboxylic acid groups (broad SMARTS) is 1. The summed E-state index contributed by atoms with van der Waals surface area (Å²) in [7, 11) is 0. The first kappa shape index (κ1) is 10.4. The van der Waals surface area contributed by atoms with Gasteiger partial charge in [-0.25, -0.2) is 13.9 Å². The quantitative estimate of drug-likeness (QED) is 0.842. The van der Waals surface area contributed by atoms with Crippen LogP contribution in [0.4, 0.5) is 4.39 Å². The molecule has 0 bridgehead atoms. The minimum Gasteiger partial charge on any atom is -0.478 e. The van der Waals surface area contributed by atoms with Gasteiger partial charge in [0.25, 0.3) is 0 Å². The molecule has 4 nitrogen and oxygen atoms in total. The summed E-state index contributed by atoms with van der Waals surface area (Å²) in [5.74, 6) is -1.36. The number of rotatable bonds is 2. The van der Waals surface area contributed by atoms with Crippen LogP contribution in [-0.4, -0.2) is 20.9 Å². The second kappa shape index (κ2) is 3.77. The lowest BCUT2D eigenvalue weighted by atomic mass is 10.2. The molecule has 0 radical (unpaired) electrons. The SMILES string of the molecule is Cc1cc(F)ccc1-n1cc(C(=O)O)cn1. The maximum Gasteiger partial charge on any atom is 0.338 e. The van der Waals surface area contributed by atoms with Gasteiger partial charge in [-0.3, -0.25) is 0 Å². The summed E-state index contributed by atoms with van der Waals surface area (Å²) in [6, 6.07) is 4.24. The highest BCUT2D eigenvalue weighted by atomic mass is 19.1. The predicted octanol–water partition coefficient (Wildman–Crippen LogP) is 2.02. The van der Waals surface area contributed by atoms with E-state index in [4.69, 9.17) is 5.11 Å². The molecule has 82 valence electrons. The summed E-state index contributed by atoms with van der Waals surface area (Å²) in [6.07, 6.45) is 2.65. The summed E-state index contributed by atoms with van der Waals surface area (Å²) in [6.45, 7) is 1.74. The minimum absolute atomic E-state index is 0.101. The molecule has 0 fully saturated rings. The fourth-order valence-electron chi connectivity index (χ4n) is 1.44. The molecule has 1 aromatic heterocycles. The molecule has 0 aliphatic heterocycles. The van der Waals surface area contributed by atoms with Crippen molar-refractivity contribution in [3.05, 3.63) is 47.5 Å². The fraction of sp³-hybridized carbons (Fsp3) is 0.0909. The number of carboxylic acids is 1. The monoisotopic (exact) mass is 220 g/mol. The molecule has 2 rings (SSSR count). The van der Waals surface area contributed by atoms with E-state index in [0.29, 0.717) is 11.3 Å². The average molecular weight is 220 g/mol. The van der Waals surface area contributed by atoms with E-state index in [1.54, 1.807) is 13.0 Å². The number of carbonyl (C=O) groups is 1. The standard InChI is InChI=1S/C11H9FN2O2/c1-7-4-9(12)2-3-10(7)14-6-8(5-13-14)11(15)16/h2-6H,1H3,(H,15,16). The van der Waals surface area contributed by atoms with Crippen molar-refractivity contribution in [1.82, 2.24) is 9.78 Å². The van der Waals surface area contributed by atoms with Crippen molar-refractivity contribution in [2.45, 2.75) is 6.92 Å². The van der Waals surface area contributed by atoms with Crippen molar-refractivity contribution in [3.8, 4) is 5.69 Å². The van der Waals surface area contributed by atoms with E-state index in [1.807, 2.05) is 0 Å². The van der Waals surface area contributed by atoms with Gasteiger partial charge in [-0.05, 0) is 30.7 Å². The number of halogens is 1. The molecule has 1 N–H and O–H groups in total. The lowest BCUT2D eigenvalue weighted by Gasteiger charge is -2.04. The minimum atomic E-state index is -1.04. The molecule has 1 aromatic carbocycles. The first-order valence-corrected chi connectivity index (χ1v) is 4.62. The molecule has 0 saturated carbocycles. The van der Waals surface area contributed by atoms with Crippen molar-refractivity contribution >= 4 is 5.97 Å². The number of hydrogen-bond acceptors (Lipinski definition) is 2. The Kier molecular flexibility index (Phi) is 2.44. The Bertz CT molecular complexity index is 549. The third kappa shape index (κ3) is 1.79. The molecule has 1 heterocycles. The van der Waals surface area contributed by atoms with Gasteiger partial charge in [0.15, 0.2) is 0 Å². The van der Waals surface area contributed by atoms with Crippen LogP contribution in [0.5, 0.6) is 0 Å². The predicted molar refractivity (Wildman–Crippen MR) is 55.2 cm³/mol. The van der Waals surface area contributed by atoms with Crippen molar-refractivity contribution < 1.29 is 14.3 Å². The highest BCUT2D eigenvalue weighted by Gasteiger charge is 2.08. The van der Waals surface area contributed by atoms with Crippen LogP contribution in [0.2, 0.25) is 0 Å². The van der Waals surface area contributed by atoms with Crippen molar-refractivity contribution in [1.29, 1.82) is 0 Å². The maximum atomic E-state index is 12.9. The van der Waals surface area contributed by atoms with Gasteiger partial charge in [0.1, 0.15) is 5.82 Å². The lowest BCUT2D eigenvalue weighted by Crippen LogP contribution is -1.98. The molecule has 5 heteroatoms. The normalized spacial score (nSPS) is 10.4. The van der Waals surface area contributed by atoms with Gasteiger partial charge < -0.3 is 5.11 Å². The number of aromatic nitrogens is 2. The number of benzene rings is 1. The van der Waals surface area contributed by atoms with Crippen molar-refractivity contribution in [3.63, 3.8) is 0 Å².